The SMILES string of the molecule is CC(C)[C@H](CSC1CCN(C)CC1)C(=O)N(C)C(C)C.CC(C)[C@H](CSCCN(C)C)C(=O)N(C)C(C)C.CC(C)[C@H](CSCCN1CCOCC1)C(=O)N(C)C(C)C.COC(=O)CCSC[C@H](C(=O)N(C)C(C)C)C(C)C.COC(=O)CSC[C@H](C(=O)N(C)C(C)C)C(C)C. The predicted octanol–water partition coefficient (Wildman–Crippen LogP) is 12.0. The van der Waals surface area contributed by atoms with Crippen molar-refractivity contribution in [3.05, 3.63) is 0 Å². The van der Waals surface area contributed by atoms with E-state index in [1.54, 1.807) is 21.6 Å². The van der Waals surface area contributed by atoms with Gasteiger partial charge in [-0.1, -0.05) is 69.2 Å². The molecule has 0 aromatic rings. The molecular formula is C73H146N8O10S5. The van der Waals surface area contributed by atoms with Crippen molar-refractivity contribution in [2.75, 3.05) is 175 Å². The molecule has 568 valence electrons. The van der Waals surface area contributed by atoms with E-state index in [1.165, 1.54) is 51.9 Å². The van der Waals surface area contributed by atoms with Gasteiger partial charge in [0.1, 0.15) is 0 Å². The lowest BCUT2D eigenvalue weighted by Gasteiger charge is -2.32. The second kappa shape index (κ2) is 55.5. The first-order chi connectivity index (χ1) is 44.6. The normalized spacial score (nSPS) is 15.5. The summed E-state index contributed by atoms with van der Waals surface area (Å²) in [6, 6.07) is 1.26. The molecule has 23 heteroatoms. The topological polar surface area (TPSA) is 173 Å². The van der Waals surface area contributed by atoms with Crippen molar-refractivity contribution in [3.63, 3.8) is 0 Å². The van der Waals surface area contributed by atoms with Crippen molar-refractivity contribution >= 4 is 100 Å². The van der Waals surface area contributed by atoms with Crippen LogP contribution in [0, 0.1) is 59.2 Å². The van der Waals surface area contributed by atoms with E-state index in [4.69, 9.17) is 4.74 Å². The number of ether oxygens (including phenoxy) is 3. The Balaban J connectivity index is -0.00000113. The third-order valence-electron chi connectivity index (χ3n) is 18.1. The third-order valence-corrected chi connectivity index (χ3v) is 23.8. The molecule has 18 nitrogen and oxygen atoms in total. The molecule has 0 saturated carbocycles. The minimum atomic E-state index is -0.243. The molecule has 2 aliphatic heterocycles. The van der Waals surface area contributed by atoms with Crippen LogP contribution in [0.4, 0.5) is 0 Å². The minimum absolute atomic E-state index is 0.00930. The monoisotopic (exact) mass is 1450 g/mol. The van der Waals surface area contributed by atoms with Gasteiger partial charge in [-0.25, -0.2) is 0 Å². The number of piperidine rings is 1. The Labute approximate surface area is 610 Å². The number of thioether (sulfide) groups is 5. The van der Waals surface area contributed by atoms with E-state index in [0.29, 0.717) is 59.2 Å². The molecule has 5 atom stereocenters. The molecule has 2 saturated heterocycles. The zero-order chi connectivity index (χ0) is 74.7. The van der Waals surface area contributed by atoms with Crippen LogP contribution in [-0.2, 0) is 47.8 Å². The number of likely N-dealkylation sites (tertiary alicyclic amines) is 1. The summed E-state index contributed by atoms with van der Waals surface area (Å²) in [6.45, 7) is 50.0. The highest BCUT2D eigenvalue weighted by molar-refractivity contribution is 8.00. The summed E-state index contributed by atoms with van der Waals surface area (Å²) in [5, 5.41) is 0.740. The van der Waals surface area contributed by atoms with E-state index in [1.807, 2.05) is 127 Å². The van der Waals surface area contributed by atoms with Gasteiger partial charge in [-0.2, -0.15) is 47.0 Å². The van der Waals surface area contributed by atoms with Gasteiger partial charge in [-0.15, -0.1) is 11.8 Å². The van der Waals surface area contributed by atoms with Gasteiger partial charge in [0.2, 0.25) is 29.5 Å². The molecule has 0 spiro atoms. The van der Waals surface area contributed by atoms with Crippen LogP contribution in [0.1, 0.15) is 158 Å². The average Bonchev–Trinajstić information content (AvgIpc) is 0.954. The summed E-state index contributed by atoms with van der Waals surface area (Å²) in [5.41, 5.74) is 0. The van der Waals surface area contributed by atoms with Gasteiger partial charge in [0.05, 0.1) is 39.6 Å². The largest absolute Gasteiger partial charge is 0.469 e. The fourth-order valence-electron chi connectivity index (χ4n) is 9.20. The maximum atomic E-state index is 12.6. The van der Waals surface area contributed by atoms with Crippen molar-refractivity contribution < 1.29 is 47.8 Å². The van der Waals surface area contributed by atoms with Crippen LogP contribution in [0.2, 0.25) is 0 Å². The van der Waals surface area contributed by atoms with E-state index >= 15 is 0 Å². The number of hydrogen-bond donors (Lipinski definition) is 0. The molecule has 2 aliphatic rings. The lowest BCUT2D eigenvalue weighted by Crippen LogP contribution is -2.41. The van der Waals surface area contributed by atoms with E-state index in [-0.39, 0.29) is 95.4 Å². The van der Waals surface area contributed by atoms with Crippen LogP contribution in [-0.4, -0.2) is 291 Å². The van der Waals surface area contributed by atoms with Gasteiger partial charge < -0.3 is 48.5 Å². The van der Waals surface area contributed by atoms with E-state index < -0.39 is 0 Å². The van der Waals surface area contributed by atoms with Gasteiger partial charge in [-0.05, 0) is 146 Å². The molecular weight excluding hydrogens is 1310 g/mol. The smallest absolute Gasteiger partial charge is 0.315 e. The van der Waals surface area contributed by atoms with E-state index in [0.717, 1.165) is 79.2 Å². The molecule has 0 unspecified atom stereocenters. The predicted molar refractivity (Wildman–Crippen MR) is 418 cm³/mol. The molecule has 2 fully saturated rings. The fraction of sp³-hybridized carbons (Fsp3) is 0.904. The Morgan fingerprint density at radius 1 is 0.417 bits per heavy atom. The number of carbonyl (C=O) groups is 7. The number of methoxy groups -OCH3 is 2. The van der Waals surface area contributed by atoms with Gasteiger partial charge in [-0.3, -0.25) is 38.5 Å². The maximum Gasteiger partial charge on any atom is 0.315 e. The van der Waals surface area contributed by atoms with Crippen molar-refractivity contribution in [3.8, 4) is 0 Å². The number of rotatable bonds is 37. The fourth-order valence-corrected chi connectivity index (χ4v) is 16.0. The number of morpholine rings is 1. The zero-order valence-electron chi connectivity index (χ0n) is 66.6. The Kier molecular flexibility index (Phi) is 56.7. The molecule has 5 amide bonds. The Morgan fingerprint density at radius 2 is 0.719 bits per heavy atom. The molecule has 2 rings (SSSR count). The molecule has 0 N–H and O–H groups in total. The van der Waals surface area contributed by atoms with E-state index in [2.05, 4.69) is 142 Å². The number of hydrogen-bond acceptors (Lipinski definition) is 18. The molecule has 0 aliphatic carbocycles. The number of nitrogens with zero attached hydrogens (tertiary/aromatic N) is 8. The van der Waals surface area contributed by atoms with Crippen LogP contribution in [0.5, 0.6) is 0 Å². The lowest BCUT2D eigenvalue weighted by molar-refractivity contribution is -0.140. The Morgan fingerprint density at radius 3 is 1.02 bits per heavy atom. The first-order valence-electron chi connectivity index (χ1n) is 35.7. The lowest BCUT2D eigenvalue weighted by atomic mass is 9.96. The maximum absolute atomic E-state index is 12.6. The highest BCUT2D eigenvalue weighted by Crippen LogP contribution is 2.29. The van der Waals surface area contributed by atoms with E-state index in [9.17, 15) is 33.6 Å². The Bertz CT molecular complexity index is 2080. The number of amides is 5. The average molecular weight is 1460 g/mol. The van der Waals surface area contributed by atoms with Crippen LogP contribution in [0.15, 0.2) is 0 Å². The van der Waals surface area contributed by atoms with Gasteiger partial charge in [0.15, 0.2) is 0 Å². The van der Waals surface area contributed by atoms with Crippen LogP contribution >= 0.6 is 58.8 Å². The summed E-state index contributed by atoms with van der Waals surface area (Å²) in [5.74, 6) is 10.4. The second-order valence-electron chi connectivity index (χ2n) is 29.2. The minimum Gasteiger partial charge on any atom is -0.469 e. The highest BCUT2D eigenvalue weighted by Gasteiger charge is 2.32. The summed E-state index contributed by atoms with van der Waals surface area (Å²) in [6.07, 6.45) is 2.93. The first kappa shape index (κ1) is 98.1. The van der Waals surface area contributed by atoms with Gasteiger partial charge in [0, 0.05) is 172 Å². The highest BCUT2D eigenvalue weighted by atomic mass is 32.2. The molecule has 0 bridgehead atoms. The Hall–Kier alpha value is -2.12. The summed E-state index contributed by atoms with van der Waals surface area (Å²) < 4.78 is 14.5. The number of esters is 2. The third kappa shape index (κ3) is 43.6. The quantitative estimate of drug-likeness (QED) is 0.0424. The molecule has 2 heterocycles. The van der Waals surface area contributed by atoms with Crippen molar-refractivity contribution in [2.45, 2.75) is 193 Å². The zero-order valence-corrected chi connectivity index (χ0v) is 70.7. The van der Waals surface area contributed by atoms with Crippen LogP contribution in [0.3, 0.4) is 0 Å². The first-order valence-corrected chi connectivity index (χ1v) is 41.3. The second-order valence-corrected chi connectivity index (χ2v) is 35.0. The molecule has 96 heavy (non-hydrogen) atoms. The molecule has 0 aromatic heterocycles. The summed E-state index contributed by atoms with van der Waals surface area (Å²) >= 11 is 8.92. The molecule has 0 radical (unpaired) electrons. The van der Waals surface area contributed by atoms with Crippen molar-refractivity contribution in [1.29, 1.82) is 0 Å². The number of carbonyl (C=O) groups excluding carboxylic acids is 7. The summed E-state index contributed by atoms with van der Waals surface area (Å²) in [7, 11) is 18.6. The van der Waals surface area contributed by atoms with Crippen molar-refractivity contribution in [1.82, 2.24) is 39.2 Å². The van der Waals surface area contributed by atoms with Crippen LogP contribution in [0.25, 0.3) is 0 Å². The summed E-state index contributed by atoms with van der Waals surface area (Å²) in [4.78, 5) is 100. The molecule has 0 aromatic carbocycles. The van der Waals surface area contributed by atoms with Crippen LogP contribution < -0.4 is 0 Å². The van der Waals surface area contributed by atoms with Crippen molar-refractivity contribution in [2.24, 2.45) is 59.2 Å². The van der Waals surface area contributed by atoms with Gasteiger partial charge in [0.25, 0.3) is 0 Å². The standard InChI is InChI=1S/C16H32N2O2S.C16H32N2OS.C14H30N2OS.C14H27NO3S.C13H25NO3S/c1-13(2)15(16(19)17(5)14(3)4)12-21-11-8-18-6-9-20-10-7-18;1-12(2)15(16(19)18(6)13(3)4)11-20-14-7-9-17(5)10-8-14;1-11(2)13(10-18-9-8-15(5)6)14(17)16(7)12(3)4;1-10(2)12(14(17)15(5)11(3)4)9-19-8-7-13(16)18-6;1-9(2)11(7-18-8-12(15)17-6)13(16)14(5)10(3)4/h13-15H,6-12H2,1-5H3;12-15H,7-11H2,1-6H3;11-13H,8-10H2,1-7H3;10-12H,7-9H2,1-6H3;9-11H,7-8H2,1-6H3/t2*15-;13-;12-;11-/m00000/s1. The van der Waals surface area contributed by atoms with Gasteiger partial charge >= 0.3 is 11.9 Å².